The third-order valence-corrected chi connectivity index (χ3v) is 3.62. The molecule has 0 N–H and O–H groups in total. The summed E-state index contributed by atoms with van der Waals surface area (Å²) < 4.78 is 16.0. The van der Waals surface area contributed by atoms with Gasteiger partial charge in [0.2, 0.25) is 0 Å². The minimum absolute atomic E-state index is 0.0477. The van der Waals surface area contributed by atoms with Crippen LogP contribution in [0, 0.1) is 11.3 Å². The lowest BCUT2D eigenvalue weighted by atomic mass is 10.1. The summed E-state index contributed by atoms with van der Waals surface area (Å²) in [5.74, 6) is 0.601. The highest BCUT2D eigenvalue weighted by Crippen LogP contribution is 2.29. The lowest BCUT2D eigenvalue weighted by Crippen LogP contribution is -2.06. The number of ether oxygens (including phenoxy) is 3. The molecule has 0 aliphatic carbocycles. The topological polar surface area (TPSA) is 68.5 Å². The molecule has 0 saturated carbocycles. The fourth-order valence-corrected chi connectivity index (χ4v) is 2.29. The quantitative estimate of drug-likeness (QED) is 0.255. The summed E-state index contributed by atoms with van der Waals surface area (Å²) in [7, 11) is 1.56. The van der Waals surface area contributed by atoms with Crippen molar-refractivity contribution in [2.45, 2.75) is 46.0 Å². The molecule has 1 aromatic rings. The summed E-state index contributed by atoms with van der Waals surface area (Å²) in [6.07, 6.45) is 7.35. The van der Waals surface area contributed by atoms with Crippen molar-refractivity contribution in [3.05, 3.63) is 29.3 Å². The molecule has 0 fully saturated rings. The van der Waals surface area contributed by atoms with Crippen molar-refractivity contribution in [1.82, 2.24) is 0 Å². The Hall–Kier alpha value is -2.48. The van der Waals surface area contributed by atoms with Gasteiger partial charge in [0.25, 0.3) is 0 Å². The molecule has 1 rings (SSSR count). The minimum atomic E-state index is -0.628. The lowest BCUT2D eigenvalue weighted by molar-refractivity contribution is -0.137. The Bertz CT molecular complexity index is 617. The maximum absolute atomic E-state index is 11.7. The number of carbonyl (C=O) groups excluding carboxylic acids is 1. The number of esters is 1. The van der Waals surface area contributed by atoms with Gasteiger partial charge in [0.1, 0.15) is 11.6 Å². The van der Waals surface area contributed by atoms with Crippen molar-refractivity contribution in [2.24, 2.45) is 0 Å². The zero-order valence-electron chi connectivity index (χ0n) is 15.3. The van der Waals surface area contributed by atoms with Gasteiger partial charge < -0.3 is 14.2 Å². The van der Waals surface area contributed by atoms with Crippen LogP contribution in [0.5, 0.6) is 11.5 Å². The van der Waals surface area contributed by atoms with Gasteiger partial charge in [0, 0.05) is 0 Å². The first-order valence-electron chi connectivity index (χ1n) is 8.76. The Kier molecular flexibility index (Phi) is 9.84. The highest BCUT2D eigenvalue weighted by atomic mass is 16.5. The molecule has 0 aliphatic rings. The molecule has 5 nitrogen and oxygen atoms in total. The van der Waals surface area contributed by atoms with Crippen LogP contribution >= 0.6 is 0 Å². The predicted octanol–water partition coefficient (Wildman–Crippen LogP) is 4.51. The number of unbranched alkanes of at least 4 members (excludes halogenated alkanes) is 4. The summed E-state index contributed by atoms with van der Waals surface area (Å²) in [6, 6.07) is 7.17. The van der Waals surface area contributed by atoms with Crippen molar-refractivity contribution in [2.75, 3.05) is 20.3 Å². The Balaban J connectivity index is 2.74. The number of methoxy groups -OCH3 is 1. The van der Waals surface area contributed by atoms with E-state index in [1.807, 2.05) is 6.07 Å². The van der Waals surface area contributed by atoms with Crippen molar-refractivity contribution in [1.29, 1.82) is 5.26 Å². The van der Waals surface area contributed by atoms with Gasteiger partial charge in [0.15, 0.2) is 11.5 Å². The molecule has 0 atom stereocenters. The van der Waals surface area contributed by atoms with Crippen LogP contribution in [-0.2, 0) is 9.53 Å². The Morgan fingerprint density at radius 1 is 1.16 bits per heavy atom. The molecule has 0 spiro atoms. The monoisotopic (exact) mass is 345 g/mol. The first-order chi connectivity index (χ1) is 12.2. The van der Waals surface area contributed by atoms with E-state index in [1.54, 1.807) is 32.2 Å². The predicted molar refractivity (Wildman–Crippen MR) is 97.5 cm³/mol. The first kappa shape index (κ1) is 20.6. The van der Waals surface area contributed by atoms with Crippen molar-refractivity contribution in [3.63, 3.8) is 0 Å². The smallest absolute Gasteiger partial charge is 0.348 e. The van der Waals surface area contributed by atoms with Crippen LogP contribution in [0.1, 0.15) is 51.5 Å². The van der Waals surface area contributed by atoms with Crippen LogP contribution in [0.2, 0.25) is 0 Å². The molecule has 0 unspecified atom stereocenters. The highest BCUT2D eigenvalue weighted by Gasteiger charge is 2.11. The van der Waals surface area contributed by atoms with Gasteiger partial charge in [-0.05, 0) is 37.1 Å². The molecule has 0 aromatic heterocycles. The molecule has 0 heterocycles. The third kappa shape index (κ3) is 7.30. The number of rotatable bonds is 11. The van der Waals surface area contributed by atoms with Crippen molar-refractivity contribution < 1.29 is 19.0 Å². The van der Waals surface area contributed by atoms with Crippen molar-refractivity contribution >= 4 is 12.0 Å². The highest BCUT2D eigenvalue weighted by molar-refractivity contribution is 5.97. The number of nitrogens with zero attached hydrogens (tertiary/aromatic N) is 1. The first-order valence-corrected chi connectivity index (χ1v) is 8.76. The van der Waals surface area contributed by atoms with Crippen LogP contribution < -0.4 is 9.47 Å². The normalized spacial score (nSPS) is 10.9. The molecular weight excluding hydrogens is 318 g/mol. The zero-order chi connectivity index (χ0) is 18.5. The second-order valence-corrected chi connectivity index (χ2v) is 5.56. The van der Waals surface area contributed by atoms with E-state index in [0.717, 1.165) is 12.8 Å². The van der Waals surface area contributed by atoms with Gasteiger partial charge in [0.05, 0.1) is 20.3 Å². The van der Waals surface area contributed by atoms with Crippen LogP contribution in [-0.4, -0.2) is 26.3 Å². The van der Waals surface area contributed by atoms with E-state index in [0.29, 0.717) is 23.7 Å². The molecule has 0 aliphatic heterocycles. The van der Waals surface area contributed by atoms with E-state index in [-0.39, 0.29) is 12.2 Å². The molecule has 1 aromatic carbocycles. The molecule has 0 bridgehead atoms. The standard InChI is InChI=1S/C20H27NO4/c1-4-6-7-8-9-12-25-18-11-10-16(14-19(18)23-3)13-17(15-21)20(22)24-5-2/h10-11,13-14H,4-9,12H2,1-3H3/b17-13+. The molecule has 0 saturated heterocycles. The van der Waals surface area contributed by atoms with E-state index in [1.165, 1.54) is 25.3 Å². The van der Waals surface area contributed by atoms with Gasteiger partial charge in [-0.1, -0.05) is 38.7 Å². The summed E-state index contributed by atoms with van der Waals surface area (Å²) in [6.45, 7) is 4.76. The summed E-state index contributed by atoms with van der Waals surface area (Å²) in [5, 5.41) is 9.10. The van der Waals surface area contributed by atoms with Gasteiger partial charge in [-0.25, -0.2) is 4.79 Å². The summed E-state index contributed by atoms with van der Waals surface area (Å²) in [4.78, 5) is 11.7. The molecular formula is C20H27NO4. The van der Waals surface area contributed by atoms with Gasteiger partial charge in [-0.15, -0.1) is 0 Å². The SMILES string of the molecule is CCCCCCCOc1ccc(/C=C(\C#N)C(=O)OCC)cc1OC. The number of carbonyl (C=O) groups is 1. The van der Waals surface area contributed by atoms with Crippen molar-refractivity contribution in [3.8, 4) is 17.6 Å². The molecule has 0 amide bonds. The van der Waals surface area contributed by atoms with Crippen LogP contribution in [0.15, 0.2) is 23.8 Å². The van der Waals surface area contributed by atoms with Crippen LogP contribution in [0.4, 0.5) is 0 Å². The maximum Gasteiger partial charge on any atom is 0.348 e. The second-order valence-electron chi connectivity index (χ2n) is 5.56. The van der Waals surface area contributed by atoms with Gasteiger partial charge >= 0.3 is 5.97 Å². The Morgan fingerprint density at radius 3 is 2.56 bits per heavy atom. The number of nitriles is 1. The van der Waals surface area contributed by atoms with Crippen LogP contribution in [0.3, 0.4) is 0 Å². The molecule has 5 heteroatoms. The zero-order valence-corrected chi connectivity index (χ0v) is 15.3. The fraction of sp³-hybridized carbons (Fsp3) is 0.500. The molecule has 136 valence electrons. The van der Waals surface area contributed by atoms with E-state index in [4.69, 9.17) is 19.5 Å². The Morgan fingerprint density at radius 2 is 1.92 bits per heavy atom. The minimum Gasteiger partial charge on any atom is -0.493 e. The van der Waals surface area contributed by atoms with Crippen LogP contribution in [0.25, 0.3) is 6.08 Å². The van der Waals surface area contributed by atoms with E-state index >= 15 is 0 Å². The number of hydrogen-bond acceptors (Lipinski definition) is 5. The second kappa shape index (κ2) is 12.0. The number of hydrogen-bond donors (Lipinski definition) is 0. The van der Waals surface area contributed by atoms with E-state index in [2.05, 4.69) is 6.92 Å². The summed E-state index contributed by atoms with van der Waals surface area (Å²) >= 11 is 0. The fourth-order valence-electron chi connectivity index (χ4n) is 2.29. The van der Waals surface area contributed by atoms with E-state index < -0.39 is 5.97 Å². The van der Waals surface area contributed by atoms with Gasteiger partial charge in [-0.3, -0.25) is 0 Å². The lowest BCUT2D eigenvalue weighted by Gasteiger charge is -2.11. The van der Waals surface area contributed by atoms with E-state index in [9.17, 15) is 4.79 Å². The molecule has 25 heavy (non-hydrogen) atoms. The maximum atomic E-state index is 11.7. The summed E-state index contributed by atoms with van der Waals surface area (Å²) in [5.41, 5.74) is 0.630. The van der Waals surface area contributed by atoms with Gasteiger partial charge in [-0.2, -0.15) is 5.26 Å². The average Bonchev–Trinajstić information content (AvgIpc) is 2.63. The Labute approximate surface area is 150 Å². The third-order valence-electron chi connectivity index (χ3n) is 3.62. The average molecular weight is 345 g/mol. The molecule has 0 radical (unpaired) electrons. The largest absolute Gasteiger partial charge is 0.493 e. The number of benzene rings is 1.